The molecule has 1 atom stereocenters. The fraction of sp³-hybridized carbons (Fsp3) is 0.533. The third kappa shape index (κ3) is 3.46. The molecule has 0 spiro atoms. The van der Waals surface area contributed by atoms with Gasteiger partial charge in [0.25, 0.3) is 0 Å². The van der Waals surface area contributed by atoms with Gasteiger partial charge in [-0.3, -0.25) is 0 Å². The topological polar surface area (TPSA) is 59.3 Å². The van der Waals surface area contributed by atoms with Crippen LogP contribution in [0.3, 0.4) is 0 Å². The van der Waals surface area contributed by atoms with E-state index in [2.05, 4.69) is 11.4 Å². The molecule has 1 aromatic rings. The summed E-state index contributed by atoms with van der Waals surface area (Å²) in [5.74, 6) is 0. The van der Waals surface area contributed by atoms with E-state index in [4.69, 9.17) is 0 Å². The summed E-state index contributed by atoms with van der Waals surface area (Å²) in [6.45, 7) is 2.83. The van der Waals surface area contributed by atoms with Crippen molar-refractivity contribution in [3.63, 3.8) is 0 Å². The average molecular weight is 259 g/mol. The molecule has 102 valence electrons. The molecular weight excluding hydrogens is 238 g/mol. The second kappa shape index (κ2) is 6.05. The molecule has 2 N–H and O–H groups in total. The summed E-state index contributed by atoms with van der Waals surface area (Å²) in [7, 11) is 1.90. The molecule has 1 saturated carbocycles. The van der Waals surface area contributed by atoms with Crippen molar-refractivity contribution in [1.29, 1.82) is 5.26 Å². The van der Waals surface area contributed by atoms with E-state index in [0.29, 0.717) is 11.6 Å². The van der Waals surface area contributed by atoms with Crippen LogP contribution in [0.5, 0.6) is 0 Å². The number of anilines is 1. The second-order valence-electron chi connectivity index (χ2n) is 5.26. The highest BCUT2D eigenvalue weighted by Crippen LogP contribution is 2.23. The maximum absolute atomic E-state index is 9.28. The molecule has 4 heteroatoms. The zero-order valence-corrected chi connectivity index (χ0v) is 11.6. The Balaban J connectivity index is 2.13. The van der Waals surface area contributed by atoms with E-state index >= 15 is 0 Å². The summed E-state index contributed by atoms with van der Waals surface area (Å²) in [6, 6.07) is 8.87. The molecule has 0 aromatic heterocycles. The minimum Gasteiger partial charge on any atom is -0.394 e. The number of aliphatic hydroxyl groups is 1. The van der Waals surface area contributed by atoms with Gasteiger partial charge in [-0.2, -0.15) is 5.26 Å². The van der Waals surface area contributed by atoms with Gasteiger partial charge in [0, 0.05) is 25.7 Å². The van der Waals surface area contributed by atoms with Gasteiger partial charge in [-0.1, -0.05) is 6.07 Å². The van der Waals surface area contributed by atoms with Crippen molar-refractivity contribution in [3.8, 4) is 6.07 Å². The number of nitrogens with one attached hydrogen (secondary N) is 1. The lowest BCUT2D eigenvalue weighted by Crippen LogP contribution is -2.32. The summed E-state index contributed by atoms with van der Waals surface area (Å²) in [4.78, 5) is 1.94. The molecule has 1 aromatic carbocycles. The van der Waals surface area contributed by atoms with E-state index in [-0.39, 0.29) is 12.6 Å². The Labute approximate surface area is 114 Å². The fourth-order valence-corrected chi connectivity index (χ4v) is 2.00. The number of benzene rings is 1. The number of hydrogen-bond acceptors (Lipinski definition) is 4. The summed E-state index contributed by atoms with van der Waals surface area (Å²) in [5, 5.41) is 21.9. The zero-order chi connectivity index (χ0) is 13.8. The molecule has 19 heavy (non-hydrogen) atoms. The van der Waals surface area contributed by atoms with Crippen molar-refractivity contribution < 1.29 is 5.11 Å². The van der Waals surface area contributed by atoms with E-state index in [1.54, 1.807) is 0 Å². The van der Waals surface area contributed by atoms with Gasteiger partial charge in [-0.05, 0) is 37.5 Å². The Kier molecular flexibility index (Phi) is 4.41. The van der Waals surface area contributed by atoms with Crippen molar-refractivity contribution >= 4 is 5.69 Å². The molecular formula is C15H21N3O. The lowest BCUT2D eigenvalue weighted by molar-refractivity contribution is 0.270. The Morgan fingerprint density at radius 3 is 2.84 bits per heavy atom. The molecule has 0 saturated heterocycles. The molecule has 0 radical (unpaired) electrons. The van der Waals surface area contributed by atoms with E-state index in [0.717, 1.165) is 17.8 Å². The third-order valence-corrected chi connectivity index (χ3v) is 3.66. The highest BCUT2D eigenvalue weighted by molar-refractivity contribution is 5.60. The summed E-state index contributed by atoms with van der Waals surface area (Å²) in [6.07, 6.45) is 2.53. The van der Waals surface area contributed by atoms with Crippen LogP contribution in [0.2, 0.25) is 0 Å². The van der Waals surface area contributed by atoms with Crippen molar-refractivity contribution in [2.45, 2.75) is 38.4 Å². The lowest BCUT2D eigenvalue weighted by atomic mass is 10.1. The molecule has 1 aliphatic carbocycles. The van der Waals surface area contributed by atoms with Crippen LogP contribution < -0.4 is 10.2 Å². The Bertz CT molecular complexity index is 477. The Morgan fingerprint density at radius 2 is 2.26 bits per heavy atom. The second-order valence-corrected chi connectivity index (χ2v) is 5.26. The maximum Gasteiger partial charge on any atom is 0.101 e. The molecule has 1 aliphatic rings. The molecule has 1 unspecified atom stereocenters. The molecule has 1 fully saturated rings. The van der Waals surface area contributed by atoms with Crippen LogP contribution in [0, 0.1) is 11.3 Å². The highest BCUT2D eigenvalue weighted by atomic mass is 16.3. The van der Waals surface area contributed by atoms with Gasteiger partial charge in [-0.15, -0.1) is 0 Å². The SMILES string of the molecule is CC(CO)N(C)c1ccc(CNC2CC2)cc1C#N. The summed E-state index contributed by atoms with van der Waals surface area (Å²) < 4.78 is 0. The first-order valence-electron chi connectivity index (χ1n) is 6.75. The van der Waals surface area contributed by atoms with Gasteiger partial charge in [0.05, 0.1) is 17.9 Å². The standard InChI is InChI=1S/C15H21N3O/c1-11(10-19)18(2)15-6-3-12(7-13(15)8-16)9-17-14-4-5-14/h3,6-7,11,14,17,19H,4-5,9-10H2,1-2H3. The van der Waals surface area contributed by atoms with Gasteiger partial charge in [0.1, 0.15) is 6.07 Å². The van der Waals surface area contributed by atoms with E-state index < -0.39 is 0 Å². The van der Waals surface area contributed by atoms with Gasteiger partial charge >= 0.3 is 0 Å². The van der Waals surface area contributed by atoms with Crippen LogP contribution in [0.25, 0.3) is 0 Å². The van der Waals surface area contributed by atoms with Crippen molar-refractivity contribution in [1.82, 2.24) is 5.32 Å². The number of nitrogens with zero attached hydrogens (tertiary/aromatic N) is 2. The fourth-order valence-electron chi connectivity index (χ4n) is 2.00. The Hall–Kier alpha value is -1.57. The van der Waals surface area contributed by atoms with E-state index in [1.165, 1.54) is 12.8 Å². The highest BCUT2D eigenvalue weighted by Gasteiger charge is 2.20. The minimum absolute atomic E-state index is 0.00235. The van der Waals surface area contributed by atoms with Crippen LogP contribution in [-0.4, -0.2) is 30.8 Å². The smallest absolute Gasteiger partial charge is 0.101 e. The van der Waals surface area contributed by atoms with Crippen molar-refractivity contribution in [2.24, 2.45) is 0 Å². The number of aliphatic hydroxyl groups excluding tert-OH is 1. The average Bonchev–Trinajstić information content (AvgIpc) is 3.27. The quantitative estimate of drug-likeness (QED) is 0.815. The molecule has 0 amide bonds. The zero-order valence-electron chi connectivity index (χ0n) is 11.6. The van der Waals surface area contributed by atoms with Crippen molar-refractivity contribution in [2.75, 3.05) is 18.6 Å². The normalized spacial score (nSPS) is 15.9. The number of nitriles is 1. The number of rotatable bonds is 6. The van der Waals surface area contributed by atoms with Crippen LogP contribution in [0.4, 0.5) is 5.69 Å². The van der Waals surface area contributed by atoms with E-state index in [9.17, 15) is 10.4 Å². The first kappa shape index (κ1) is 13.9. The molecule has 4 nitrogen and oxygen atoms in total. The van der Waals surface area contributed by atoms with Crippen molar-refractivity contribution in [3.05, 3.63) is 29.3 Å². The first-order chi connectivity index (χ1) is 9.15. The van der Waals surface area contributed by atoms with Crippen LogP contribution in [0.15, 0.2) is 18.2 Å². The van der Waals surface area contributed by atoms with Crippen LogP contribution in [-0.2, 0) is 6.54 Å². The van der Waals surface area contributed by atoms with E-state index in [1.807, 2.05) is 37.1 Å². The van der Waals surface area contributed by atoms with Gasteiger partial charge in [0.2, 0.25) is 0 Å². The van der Waals surface area contributed by atoms with Crippen LogP contribution in [0.1, 0.15) is 30.9 Å². The predicted octanol–water partition coefficient (Wildman–Crippen LogP) is 1.63. The van der Waals surface area contributed by atoms with Gasteiger partial charge in [0.15, 0.2) is 0 Å². The predicted molar refractivity (Wildman–Crippen MR) is 76.0 cm³/mol. The number of hydrogen-bond donors (Lipinski definition) is 2. The monoisotopic (exact) mass is 259 g/mol. The lowest BCUT2D eigenvalue weighted by Gasteiger charge is -2.26. The third-order valence-electron chi connectivity index (χ3n) is 3.66. The van der Waals surface area contributed by atoms with Gasteiger partial charge in [-0.25, -0.2) is 0 Å². The largest absolute Gasteiger partial charge is 0.394 e. The summed E-state index contributed by atoms with van der Waals surface area (Å²) >= 11 is 0. The minimum atomic E-state index is 0.00235. The molecule has 0 heterocycles. The molecule has 2 rings (SSSR count). The molecule has 0 bridgehead atoms. The first-order valence-corrected chi connectivity index (χ1v) is 6.75. The maximum atomic E-state index is 9.28. The number of likely N-dealkylation sites (N-methyl/N-ethyl adjacent to an activating group) is 1. The molecule has 0 aliphatic heterocycles. The van der Waals surface area contributed by atoms with Crippen LogP contribution >= 0.6 is 0 Å². The summed E-state index contributed by atoms with van der Waals surface area (Å²) in [5.41, 5.74) is 2.68. The Morgan fingerprint density at radius 1 is 1.53 bits per heavy atom. The van der Waals surface area contributed by atoms with Gasteiger partial charge < -0.3 is 15.3 Å².